The number of nitrogens with zero attached hydrogens (tertiary/aromatic N) is 3. The summed E-state index contributed by atoms with van der Waals surface area (Å²) >= 11 is 17.6. The van der Waals surface area contributed by atoms with Crippen molar-refractivity contribution in [3.63, 3.8) is 0 Å². The lowest BCUT2D eigenvalue weighted by atomic mass is 10.0. The van der Waals surface area contributed by atoms with Crippen LogP contribution in [0.1, 0.15) is 31.9 Å². The lowest BCUT2D eigenvalue weighted by molar-refractivity contribution is 0.481. The molecule has 1 aliphatic heterocycles. The van der Waals surface area contributed by atoms with E-state index in [0.717, 1.165) is 42.3 Å². The van der Waals surface area contributed by atoms with Crippen molar-refractivity contribution in [3.05, 3.63) is 58.4 Å². The smallest absolute Gasteiger partial charge is 0.232 e. The highest BCUT2D eigenvalue weighted by atomic mass is 35.5. The summed E-state index contributed by atoms with van der Waals surface area (Å²) in [7, 11) is 0. The fourth-order valence-corrected chi connectivity index (χ4v) is 4.07. The topological polar surface area (TPSA) is 66.2 Å². The van der Waals surface area contributed by atoms with Crippen LogP contribution in [-0.4, -0.2) is 27.7 Å². The number of anilines is 2. The first-order valence-electron chi connectivity index (χ1n) is 10.2. The monoisotopic (exact) mass is 475 g/mol. The first-order valence-corrected chi connectivity index (χ1v) is 11.3. The molecule has 162 valence electrons. The fourth-order valence-electron chi connectivity index (χ4n) is 3.60. The van der Waals surface area contributed by atoms with Crippen LogP contribution in [0.2, 0.25) is 10.2 Å². The van der Waals surface area contributed by atoms with Gasteiger partial charge in [0.05, 0.1) is 6.54 Å². The number of nitrogens with one attached hydrogen (secondary N) is 2. The van der Waals surface area contributed by atoms with E-state index in [2.05, 4.69) is 32.4 Å². The summed E-state index contributed by atoms with van der Waals surface area (Å²) in [6.45, 7) is 3.59. The van der Waals surface area contributed by atoms with Crippen LogP contribution >= 0.6 is 35.4 Å². The Labute approximate surface area is 197 Å². The third kappa shape index (κ3) is 5.67. The second kappa shape index (κ2) is 9.85. The first-order chi connectivity index (χ1) is 15.0. The molecule has 0 aliphatic carbocycles. The molecular weight excluding hydrogens is 453 g/mol. The Morgan fingerprint density at radius 3 is 2.74 bits per heavy atom. The summed E-state index contributed by atoms with van der Waals surface area (Å²) in [5, 5.41) is 7.60. The second-order valence-corrected chi connectivity index (χ2v) is 8.72. The van der Waals surface area contributed by atoms with Crippen molar-refractivity contribution in [3.8, 4) is 11.3 Å². The average molecular weight is 476 g/mol. The highest BCUT2D eigenvalue weighted by Crippen LogP contribution is 2.26. The lowest BCUT2D eigenvalue weighted by Crippen LogP contribution is -2.38. The van der Waals surface area contributed by atoms with Gasteiger partial charge in [0.15, 0.2) is 5.11 Å². The third-order valence-electron chi connectivity index (χ3n) is 5.22. The van der Waals surface area contributed by atoms with Gasteiger partial charge < -0.3 is 20.0 Å². The van der Waals surface area contributed by atoms with E-state index in [4.69, 9.17) is 39.8 Å². The lowest BCUT2D eigenvalue weighted by Gasteiger charge is -2.34. The molecule has 2 N–H and O–H groups in total. The Balaban J connectivity index is 1.36. The molecule has 4 rings (SSSR count). The van der Waals surface area contributed by atoms with Crippen molar-refractivity contribution in [2.45, 2.75) is 38.8 Å². The van der Waals surface area contributed by atoms with Crippen molar-refractivity contribution in [2.75, 3.05) is 16.8 Å². The maximum absolute atomic E-state index is 6.24. The van der Waals surface area contributed by atoms with Gasteiger partial charge in [0, 0.05) is 29.2 Å². The number of halogens is 2. The fraction of sp³-hybridized carbons (Fsp3) is 0.318. The SMILES string of the molecule is C[C@@H]1CCCCN1c1cc(Cl)nc(NC(=S)NCc2ccc(-c3ccc(Cl)cc3)o2)n1. The molecule has 3 heterocycles. The normalized spacial score (nSPS) is 16.2. The van der Waals surface area contributed by atoms with E-state index >= 15 is 0 Å². The Morgan fingerprint density at radius 2 is 1.97 bits per heavy atom. The molecule has 0 spiro atoms. The van der Waals surface area contributed by atoms with Gasteiger partial charge in [-0.1, -0.05) is 23.2 Å². The third-order valence-corrected chi connectivity index (χ3v) is 5.91. The molecule has 3 aromatic rings. The van der Waals surface area contributed by atoms with E-state index in [9.17, 15) is 0 Å². The zero-order chi connectivity index (χ0) is 21.8. The summed E-state index contributed by atoms with van der Waals surface area (Å²) < 4.78 is 5.89. The molecule has 2 aromatic heterocycles. The van der Waals surface area contributed by atoms with Crippen LogP contribution in [0.15, 0.2) is 46.9 Å². The summed E-state index contributed by atoms with van der Waals surface area (Å²) in [6.07, 6.45) is 3.53. The highest BCUT2D eigenvalue weighted by Gasteiger charge is 2.21. The minimum Gasteiger partial charge on any atom is -0.459 e. The molecule has 1 aliphatic rings. The minimum atomic E-state index is 0.374. The number of rotatable bonds is 5. The number of thiocarbonyl (C=S) groups is 1. The summed E-state index contributed by atoms with van der Waals surface area (Å²) in [5.41, 5.74) is 0.961. The van der Waals surface area contributed by atoms with Crippen molar-refractivity contribution >= 4 is 52.3 Å². The largest absolute Gasteiger partial charge is 0.459 e. The summed E-state index contributed by atoms with van der Waals surface area (Å²) in [5.74, 6) is 2.71. The molecular formula is C22H23Cl2N5OS. The molecule has 0 amide bonds. The number of hydrogen-bond acceptors (Lipinski definition) is 5. The molecule has 0 unspecified atom stereocenters. The molecule has 6 nitrogen and oxygen atoms in total. The summed E-state index contributed by atoms with van der Waals surface area (Å²) in [6, 6.07) is 13.6. The standard InChI is InChI=1S/C22H23Cl2N5OS/c1-14-4-2-3-11-29(14)20-12-19(24)26-21(27-20)28-22(31)25-13-17-9-10-18(30-17)15-5-7-16(23)8-6-15/h5-10,12,14H,2-4,11,13H2,1H3,(H2,25,26,27,28,31)/t14-/m1/s1. The van der Waals surface area contributed by atoms with Crippen LogP contribution < -0.4 is 15.5 Å². The Kier molecular flexibility index (Phi) is 6.95. The van der Waals surface area contributed by atoms with Gasteiger partial charge in [0.2, 0.25) is 5.95 Å². The van der Waals surface area contributed by atoms with Crippen LogP contribution in [0.4, 0.5) is 11.8 Å². The molecule has 31 heavy (non-hydrogen) atoms. The predicted molar refractivity (Wildman–Crippen MR) is 130 cm³/mol. The van der Waals surface area contributed by atoms with Crippen molar-refractivity contribution in [2.24, 2.45) is 0 Å². The number of hydrogen-bond donors (Lipinski definition) is 2. The van der Waals surface area contributed by atoms with Crippen molar-refractivity contribution in [1.82, 2.24) is 15.3 Å². The van der Waals surface area contributed by atoms with Crippen LogP contribution in [0.25, 0.3) is 11.3 Å². The van der Waals surface area contributed by atoms with Gasteiger partial charge in [0.1, 0.15) is 22.5 Å². The first kappa shape index (κ1) is 21.9. The van der Waals surface area contributed by atoms with Crippen LogP contribution in [0.3, 0.4) is 0 Å². The van der Waals surface area contributed by atoms with Gasteiger partial charge in [-0.15, -0.1) is 0 Å². The quantitative estimate of drug-likeness (QED) is 0.351. The maximum atomic E-state index is 6.24. The number of benzene rings is 1. The Hall–Kier alpha value is -2.35. The zero-order valence-electron chi connectivity index (χ0n) is 17.1. The van der Waals surface area contributed by atoms with E-state index in [0.29, 0.717) is 33.8 Å². The molecule has 1 fully saturated rings. The van der Waals surface area contributed by atoms with E-state index in [1.165, 1.54) is 6.42 Å². The van der Waals surface area contributed by atoms with Crippen LogP contribution in [-0.2, 0) is 6.54 Å². The van der Waals surface area contributed by atoms with Crippen LogP contribution in [0.5, 0.6) is 0 Å². The number of furan rings is 1. The summed E-state index contributed by atoms with van der Waals surface area (Å²) in [4.78, 5) is 11.1. The van der Waals surface area contributed by atoms with Crippen molar-refractivity contribution < 1.29 is 4.42 Å². The molecule has 0 bridgehead atoms. The molecule has 1 aromatic carbocycles. The van der Waals surface area contributed by atoms with E-state index in [-0.39, 0.29) is 0 Å². The van der Waals surface area contributed by atoms with Gasteiger partial charge in [0.25, 0.3) is 0 Å². The average Bonchev–Trinajstić information content (AvgIpc) is 3.22. The van der Waals surface area contributed by atoms with Gasteiger partial charge in [-0.2, -0.15) is 4.98 Å². The van der Waals surface area contributed by atoms with Crippen molar-refractivity contribution in [1.29, 1.82) is 0 Å². The van der Waals surface area contributed by atoms with Gasteiger partial charge in [-0.05, 0) is 74.8 Å². The van der Waals surface area contributed by atoms with E-state index in [1.54, 1.807) is 6.07 Å². The second-order valence-electron chi connectivity index (χ2n) is 7.49. The molecule has 9 heteroatoms. The Bertz CT molecular complexity index is 1060. The Morgan fingerprint density at radius 1 is 1.16 bits per heavy atom. The zero-order valence-corrected chi connectivity index (χ0v) is 19.4. The number of aromatic nitrogens is 2. The van der Waals surface area contributed by atoms with Crippen LogP contribution in [0, 0.1) is 0 Å². The maximum Gasteiger partial charge on any atom is 0.232 e. The number of piperidine rings is 1. The van der Waals surface area contributed by atoms with E-state index in [1.807, 2.05) is 36.4 Å². The molecule has 1 saturated heterocycles. The van der Waals surface area contributed by atoms with Gasteiger partial charge in [-0.25, -0.2) is 4.98 Å². The molecule has 1 atom stereocenters. The predicted octanol–water partition coefficient (Wildman–Crippen LogP) is 5.91. The highest BCUT2D eigenvalue weighted by molar-refractivity contribution is 7.80. The molecule has 0 radical (unpaired) electrons. The van der Waals surface area contributed by atoms with Gasteiger partial charge in [-0.3, -0.25) is 0 Å². The minimum absolute atomic E-state index is 0.374. The molecule has 0 saturated carbocycles. The van der Waals surface area contributed by atoms with Gasteiger partial charge >= 0.3 is 0 Å². The van der Waals surface area contributed by atoms with E-state index < -0.39 is 0 Å².